The van der Waals surface area contributed by atoms with Crippen LogP contribution in [0.4, 0.5) is 0 Å². The Morgan fingerprint density at radius 1 is 1.09 bits per heavy atom. The molecule has 0 amide bonds. The first kappa shape index (κ1) is 27.2. The van der Waals surface area contributed by atoms with E-state index in [2.05, 4.69) is 60.1 Å². The fraction of sp³-hybridized carbons (Fsp3) is 0.704. The van der Waals surface area contributed by atoms with Crippen LogP contribution in [-0.4, -0.2) is 33.5 Å². The first-order chi connectivity index (χ1) is 15.4. The van der Waals surface area contributed by atoms with Gasteiger partial charge in [-0.05, 0) is 49.4 Å². The van der Waals surface area contributed by atoms with Crippen LogP contribution in [0.3, 0.4) is 0 Å². The van der Waals surface area contributed by atoms with E-state index in [4.69, 9.17) is 20.3 Å². The fourth-order valence-corrected chi connectivity index (χ4v) is 12.0. The van der Waals surface area contributed by atoms with Gasteiger partial charge < -0.3 is 13.9 Å². The lowest BCUT2D eigenvalue weighted by molar-refractivity contribution is -0.176. The number of hydrogen-bond donors (Lipinski definition) is 0. The van der Waals surface area contributed by atoms with Crippen LogP contribution in [0.15, 0.2) is 24.0 Å². The first-order valence-corrected chi connectivity index (χ1v) is 14.4. The number of rotatable bonds is 10. The van der Waals surface area contributed by atoms with Gasteiger partial charge in [-0.3, -0.25) is 9.59 Å². The number of terminal acetylenes is 1. The molecule has 184 valence electrons. The molecular formula is C27H42O5Si. The van der Waals surface area contributed by atoms with Crippen LogP contribution < -0.4 is 0 Å². The predicted molar refractivity (Wildman–Crippen MR) is 134 cm³/mol. The largest absolute Gasteiger partial charge is 0.545 e. The van der Waals surface area contributed by atoms with Gasteiger partial charge in [-0.15, -0.1) is 12.3 Å². The maximum atomic E-state index is 13.4. The summed E-state index contributed by atoms with van der Waals surface area (Å²) in [5.74, 6) is 2.08. The molecule has 0 bridgehead atoms. The second-order valence-corrected chi connectivity index (χ2v) is 15.7. The topological polar surface area (TPSA) is 61.8 Å². The van der Waals surface area contributed by atoms with Crippen LogP contribution in [0.2, 0.25) is 16.6 Å². The molecule has 0 aromatic carbocycles. The summed E-state index contributed by atoms with van der Waals surface area (Å²) < 4.78 is 18.0. The third-order valence-electron chi connectivity index (χ3n) is 7.95. The van der Waals surface area contributed by atoms with Gasteiger partial charge in [0.05, 0.1) is 24.4 Å². The number of fused-ring (bicyclic) bond motifs is 1. The van der Waals surface area contributed by atoms with E-state index in [-0.39, 0.29) is 19.6 Å². The van der Waals surface area contributed by atoms with Crippen LogP contribution in [-0.2, 0) is 23.5 Å². The summed E-state index contributed by atoms with van der Waals surface area (Å²) in [6.45, 7) is 21.6. The molecule has 6 heteroatoms. The minimum atomic E-state index is -2.30. The maximum Gasteiger partial charge on any atom is 0.324 e. The SMILES string of the molecule is C#CCC12C(=C)CC(C(=O)OCC)(C(=O)OCC)C1CC=C2O[Si](C(C)C)(C(C)C)C(C)C. The molecule has 0 spiro atoms. The van der Waals surface area contributed by atoms with Crippen molar-refractivity contribution in [2.24, 2.45) is 16.7 Å². The zero-order chi connectivity index (χ0) is 25.2. The molecule has 0 N–H and O–H groups in total. The third-order valence-corrected chi connectivity index (χ3v) is 13.9. The predicted octanol–water partition coefficient (Wildman–Crippen LogP) is 6.16. The Morgan fingerprint density at radius 3 is 1.97 bits per heavy atom. The summed E-state index contributed by atoms with van der Waals surface area (Å²) in [6, 6.07) is 0. The Morgan fingerprint density at radius 2 is 1.58 bits per heavy atom. The molecule has 1 fully saturated rings. The van der Waals surface area contributed by atoms with Gasteiger partial charge in [0.1, 0.15) is 0 Å². The molecule has 0 saturated heterocycles. The quantitative estimate of drug-likeness (QED) is 0.125. The maximum absolute atomic E-state index is 13.4. The number of hydrogen-bond acceptors (Lipinski definition) is 5. The monoisotopic (exact) mass is 474 g/mol. The summed E-state index contributed by atoms with van der Waals surface area (Å²) in [7, 11) is -2.30. The average Bonchev–Trinajstić information content (AvgIpc) is 3.20. The zero-order valence-electron chi connectivity index (χ0n) is 21.7. The highest BCUT2D eigenvalue weighted by Gasteiger charge is 2.71. The summed E-state index contributed by atoms with van der Waals surface area (Å²) in [5.41, 5.74) is -0.362. The van der Waals surface area contributed by atoms with Crippen LogP contribution in [0, 0.1) is 29.1 Å². The molecule has 0 aromatic heterocycles. The van der Waals surface area contributed by atoms with Crippen molar-refractivity contribution < 1.29 is 23.5 Å². The Kier molecular flexibility index (Phi) is 8.33. The summed E-state index contributed by atoms with van der Waals surface area (Å²) in [4.78, 5) is 26.7. The van der Waals surface area contributed by atoms with Crippen molar-refractivity contribution in [3.8, 4) is 12.3 Å². The van der Waals surface area contributed by atoms with Crippen molar-refractivity contribution in [1.29, 1.82) is 0 Å². The van der Waals surface area contributed by atoms with Crippen LogP contribution in [0.5, 0.6) is 0 Å². The lowest BCUT2D eigenvalue weighted by Gasteiger charge is -2.46. The average molecular weight is 475 g/mol. The van der Waals surface area contributed by atoms with E-state index in [0.717, 1.165) is 11.3 Å². The van der Waals surface area contributed by atoms with Crippen LogP contribution in [0.25, 0.3) is 0 Å². The molecular weight excluding hydrogens is 432 g/mol. The summed E-state index contributed by atoms with van der Waals surface area (Å²) in [5, 5.41) is 0. The lowest BCUT2D eigenvalue weighted by Crippen LogP contribution is -2.50. The van der Waals surface area contributed by atoms with Crippen molar-refractivity contribution in [2.75, 3.05) is 13.2 Å². The Bertz CT molecular complexity index is 807. The van der Waals surface area contributed by atoms with E-state index in [1.54, 1.807) is 13.8 Å². The van der Waals surface area contributed by atoms with Gasteiger partial charge in [-0.25, -0.2) is 0 Å². The molecule has 2 aliphatic carbocycles. The summed E-state index contributed by atoms with van der Waals surface area (Å²) >= 11 is 0. The van der Waals surface area contributed by atoms with Crippen molar-refractivity contribution in [3.63, 3.8) is 0 Å². The highest BCUT2D eigenvalue weighted by atomic mass is 28.4. The molecule has 0 heterocycles. The van der Waals surface area contributed by atoms with Gasteiger partial charge in [0.15, 0.2) is 5.41 Å². The molecule has 0 aliphatic heterocycles. The first-order valence-electron chi connectivity index (χ1n) is 12.3. The fourth-order valence-electron chi connectivity index (χ4n) is 6.64. The van der Waals surface area contributed by atoms with E-state index in [1.165, 1.54) is 0 Å². The molecule has 33 heavy (non-hydrogen) atoms. The van der Waals surface area contributed by atoms with E-state index < -0.39 is 37.0 Å². The normalized spacial score (nSPS) is 24.0. The molecule has 2 unspecified atom stereocenters. The van der Waals surface area contributed by atoms with E-state index in [0.29, 0.717) is 29.5 Å². The Balaban J connectivity index is 2.68. The number of allylic oxidation sites excluding steroid dienone is 2. The third kappa shape index (κ3) is 3.97. The van der Waals surface area contributed by atoms with Crippen LogP contribution >= 0.6 is 0 Å². The van der Waals surface area contributed by atoms with Gasteiger partial charge in [0.2, 0.25) is 0 Å². The van der Waals surface area contributed by atoms with E-state index >= 15 is 0 Å². The number of esters is 2. The molecule has 0 aromatic rings. The molecule has 2 aliphatic rings. The van der Waals surface area contributed by atoms with Gasteiger partial charge >= 0.3 is 11.9 Å². The smallest absolute Gasteiger partial charge is 0.324 e. The molecule has 0 radical (unpaired) electrons. The Hall–Kier alpha value is -2.00. The standard InChI is InChI=1S/C27H42O5Si/c1-11-16-26-21(10)17-27(24(28)30-12-2,25(29)31-13-3)22(26)14-15-23(26)32-33(18(4)5,19(6)7)20(8)9/h1,15,18-20,22H,10,12-14,16-17H2,2-9H3. The van der Waals surface area contributed by atoms with Gasteiger partial charge in [-0.2, -0.15) is 0 Å². The van der Waals surface area contributed by atoms with Crippen molar-refractivity contribution in [2.45, 2.75) is 91.3 Å². The molecule has 2 rings (SSSR count). The van der Waals surface area contributed by atoms with Crippen molar-refractivity contribution >= 4 is 20.3 Å². The van der Waals surface area contributed by atoms with Gasteiger partial charge in [0.25, 0.3) is 8.32 Å². The van der Waals surface area contributed by atoms with Crippen molar-refractivity contribution in [1.82, 2.24) is 0 Å². The number of ether oxygens (including phenoxy) is 2. The molecule has 5 nitrogen and oxygen atoms in total. The molecule has 1 saturated carbocycles. The van der Waals surface area contributed by atoms with Crippen LogP contribution in [0.1, 0.15) is 74.7 Å². The minimum Gasteiger partial charge on any atom is -0.545 e. The number of carbonyl (C=O) groups is 2. The highest BCUT2D eigenvalue weighted by molar-refractivity contribution is 6.77. The lowest BCUT2D eigenvalue weighted by atomic mass is 9.67. The van der Waals surface area contributed by atoms with Gasteiger partial charge in [0, 0.05) is 12.3 Å². The summed E-state index contributed by atoms with van der Waals surface area (Å²) in [6.07, 6.45) is 8.92. The van der Waals surface area contributed by atoms with Crippen molar-refractivity contribution in [3.05, 3.63) is 24.0 Å². The molecule has 2 atom stereocenters. The van der Waals surface area contributed by atoms with E-state index in [1.807, 2.05) is 0 Å². The second kappa shape index (κ2) is 10.1. The minimum absolute atomic E-state index is 0.164. The highest BCUT2D eigenvalue weighted by Crippen LogP contribution is 2.68. The van der Waals surface area contributed by atoms with Gasteiger partial charge in [-0.1, -0.05) is 53.7 Å². The number of carbonyl (C=O) groups excluding carboxylic acids is 2. The second-order valence-electron chi connectivity index (χ2n) is 10.3. The zero-order valence-corrected chi connectivity index (χ0v) is 22.7. The Labute approximate surface area is 201 Å². The van der Waals surface area contributed by atoms with E-state index in [9.17, 15) is 9.59 Å².